The number of esters is 1. The molecule has 0 aromatic rings. The normalized spacial score (nSPS) is 42.9. The van der Waals surface area contributed by atoms with Crippen molar-refractivity contribution in [2.24, 2.45) is 17.8 Å². The lowest BCUT2D eigenvalue weighted by Gasteiger charge is -2.32. The molecule has 3 aliphatic rings. The number of cyclic esters (lactones) is 1. The van der Waals surface area contributed by atoms with E-state index in [4.69, 9.17) is 14.2 Å². The van der Waals surface area contributed by atoms with Crippen molar-refractivity contribution in [3.63, 3.8) is 0 Å². The van der Waals surface area contributed by atoms with Crippen molar-refractivity contribution in [1.82, 2.24) is 0 Å². The molecule has 0 aromatic carbocycles. The van der Waals surface area contributed by atoms with Crippen molar-refractivity contribution < 1.29 is 23.8 Å². The highest BCUT2D eigenvalue weighted by Crippen LogP contribution is 2.42. The lowest BCUT2D eigenvalue weighted by molar-refractivity contribution is -0.159. The second-order valence-corrected chi connectivity index (χ2v) is 11.0. The largest absolute Gasteiger partial charge is 0.462 e. The second-order valence-electron chi connectivity index (χ2n) is 10.5. The number of carbonyl (C=O) groups excluding carboxylic acids is 2. The van der Waals surface area contributed by atoms with Crippen molar-refractivity contribution >= 4 is 27.7 Å². The zero-order chi connectivity index (χ0) is 22.6. The first-order chi connectivity index (χ1) is 14.8. The van der Waals surface area contributed by atoms with E-state index in [-0.39, 0.29) is 41.9 Å². The highest BCUT2D eigenvalue weighted by Gasteiger charge is 2.49. The second kappa shape index (κ2) is 11.1. The Kier molecular flexibility index (Phi) is 9.02. The van der Waals surface area contributed by atoms with Crippen LogP contribution in [-0.4, -0.2) is 47.1 Å². The Balaban J connectivity index is 1.79. The van der Waals surface area contributed by atoms with Crippen molar-refractivity contribution in [1.29, 1.82) is 0 Å². The van der Waals surface area contributed by atoms with Gasteiger partial charge in [0.15, 0.2) is 5.78 Å². The topological polar surface area (TPSA) is 61.8 Å². The van der Waals surface area contributed by atoms with Crippen LogP contribution in [0.4, 0.5) is 0 Å². The SMILES string of the molecule is CCC[C@@H]1CC2(CBr)C[C@@H](C)[C@H](O2)C(=O)C[C@H]2C[C@H](C)[C@H](CCCC[C@H](C)C(=O)O1)O2. The molecule has 0 radical (unpaired) electrons. The van der Waals surface area contributed by atoms with Gasteiger partial charge < -0.3 is 14.2 Å². The Morgan fingerprint density at radius 1 is 1.06 bits per heavy atom. The van der Waals surface area contributed by atoms with Crippen molar-refractivity contribution in [2.45, 2.75) is 122 Å². The van der Waals surface area contributed by atoms with E-state index in [0.717, 1.165) is 51.4 Å². The molecule has 3 fully saturated rings. The Morgan fingerprint density at radius 3 is 2.52 bits per heavy atom. The number of ether oxygens (including phenoxy) is 3. The molecule has 5 nitrogen and oxygen atoms in total. The molecule has 0 saturated carbocycles. The maximum atomic E-state index is 13.2. The van der Waals surface area contributed by atoms with E-state index in [0.29, 0.717) is 24.1 Å². The van der Waals surface area contributed by atoms with Crippen LogP contribution in [0.25, 0.3) is 0 Å². The van der Waals surface area contributed by atoms with Crippen LogP contribution in [0, 0.1) is 17.8 Å². The maximum Gasteiger partial charge on any atom is 0.308 e. The zero-order valence-corrected chi connectivity index (χ0v) is 21.3. The van der Waals surface area contributed by atoms with Crippen LogP contribution in [0.2, 0.25) is 0 Å². The van der Waals surface area contributed by atoms with Gasteiger partial charge in [0, 0.05) is 18.2 Å². The number of ketones is 1. The molecule has 3 saturated heterocycles. The molecule has 8 atom stereocenters. The quantitative estimate of drug-likeness (QED) is 0.372. The minimum absolute atomic E-state index is 0.00892. The van der Waals surface area contributed by atoms with Gasteiger partial charge in [-0.25, -0.2) is 0 Å². The van der Waals surface area contributed by atoms with Crippen LogP contribution in [0.5, 0.6) is 0 Å². The van der Waals surface area contributed by atoms with E-state index in [9.17, 15) is 9.59 Å². The Labute approximate surface area is 196 Å². The molecular weight excluding hydrogens is 460 g/mol. The summed E-state index contributed by atoms with van der Waals surface area (Å²) in [5, 5.41) is 0.639. The predicted molar refractivity (Wildman–Crippen MR) is 124 cm³/mol. The molecule has 0 spiro atoms. The summed E-state index contributed by atoms with van der Waals surface area (Å²) < 4.78 is 18.7. The summed E-state index contributed by atoms with van der Waals surface area (Å²) in [4.78, 5) is 26.0. The zero-order valence-electron chi connectivity index (χ0n) is 19.7. The van der Waals surface area contributed by atoms with Crippen LogP contribution in [-0.2, 0) is 23.8 Å². The number of alkyl halides is 1. The summed E-state index contributed by atoms with van der Waals surface area (Å²) in [7, 11) is 0. The standard InChI is InChI=1S/C25H41BrO5/c1-5-8-19-14-25(15-26)13-18(4)23(31-25)21(27)12-20-11-17(3)22(29-20)10-7-6-9-16(2)24(28)30-19/h16-20,22-23H,5-15H2,1-4H3/t16-,17-,18+,19+,20+,22-,23-,25?/m0/s1. The van der Waals surface area contributed by atoms with Gasteiger partial charge in [-0.15, -0.1) is 0 Å². The van der Waals surface area contributed by atoms with Gasteiger partial charge in [-0.2, -0.15) is 0 Å². The van der Waals surface area contributed by atoms with E-state index in [1.165, 1.54) is 0 Å². The summed E-state index contributed by atoms with van der Waals surface area (Å²) in [6.45, 7) is 8.43. The number of carbonyl (C=O) groups is 2. The van der Waals surface area contributed by atoms with Gasteiger partial charge in [0.25, 0.3) is 0 Å². The van der Waals surface area contributed by atoms with E-state index in [2.05, 4.69) is 36.7 Å². The first kappa shape index (κ1) is 25.2. The number of hydrogen-bond acceptors (Lipinski definition) is 5. The maximum absolute atomic E-state index is 13.2. The number of hydrogen-bond donors (Lipinski definition) is 0. The molecule has 4 bridgehead atoms. The Morgan fingerprint density at radius 2 is 1.81 bits per heavy atom. The van der Waals surface area contributed by atoms with Gasteiger partial charge >= 0.3 is 5.97 Å². The first-order valence-electron chi connectivity index (χ1n) is 12.4. The van der Waals surface area contributed by atoms with Crippen molar-refractivity contribution in [2.75, 3.05) is 5.33 Å². The molecule has 6 heteroatoms. The van der Waals surface area contributed by atoms with Crippen molar-refractivity contribution in [3.8, 4) is 0 Å². The van der Waals surface area contributed by atoms with E-state index in [1.54, 1.807) is 0 Å². The highest BCUT2D eigenvalue weighted by atomic mass is 79.9. The van der Waals surface area contributed by atoms with Crippen LogP contribution in [0.1, 0.15) is 91.9 Å². The monoisotopic (exact) mass is 500 g/mol. The minimum Gasteiger partial charge on any atom is -0.462 e. The fraction of sp³-hybridized carbons (Fsp3) is 0.920. The van der Waals surface area contributed by atoms with Gasteiger partial charge in [-0.3, -0.25) is 9.59 Å². The average molecular weight is 502 g/mol. The summed E-state index contributed by atoms with van der Waals surface area (Å²) in [6, 6.07) is 0. The smallest absolute Gasteiger partial charge is 0.308 e. The van der Waals surface area contributed by atoms with Crippen LogP contribution >= 0.6 is 15.9 Å². The predicted octanol–water partition coefficient (Wildman–Crippen LogP) is 5.61. The fourth-order valence-electron chi connectivity index (χ4n) is 5.74. The Hall–Kier alpha value is -0.460. The van der Waals surface area contributed by atoms with Gasteiger partial charge in [0.05, 0.1) is 23.7 Å². The number of halogens is 1. The van der Waals surface area contributed by atoms with Crippen LogP contribution < -0.4 is 0 Å². The summed E-state index contributed by atoms with van der Waals surface area (Å²) in [5.74, 6) is 0.585. The molecule has 0 N–H and O–H groups in total. The molecule has 0 aromatic heterocycles. The molecule has 3 heterocycles. The number of fused-ring (bicyclic) bond motifs is 4. The lowest BCUT2D eigenvalue weighted by atomic mass is 9.87. The highest BCUT2D eigenvalue weighted by molar-refractivity contribution is 9.09. The molecule has 178 valence electrons. The van der Waals surface area contributed by atoms with Gasteiger partial charge in [-0.1, -0.05) is 62.9 Å². The lowest BCUT2D eigenvalue weighted by Crippen LogP contribution is -2.39. The molecular formula is C25H41BrO5. The molecule has 3 aliphatic heterocycles. The third-order valence-electron chi connectivity index (χ3n) is 7.49. The van der Waals surface area contributed by atoms with E-state index < -0.39 is 11.7 Å². The average Bonchev–Trinajstić information content (AvgIpc) is 3.24. The Bertz CT molecular complexity index is 625. The van der Waals surface area contributed by atoms with Gasteiger partial charge in [-0.05, 0) is 43.9 Å². The fourth-order valence-corrected chi connectivity index (χ4v) is 6.33. The third kappa shape index (κ3) is 6.32. The van der Waals surface area contributed by atoms with Crippen molar-refractivity contribution in [3.05, 3.63) is 0 Å². The molecule has 0 aliphatic carbocycles. The molecule has 1 unspecified atom stereocenters. The molecule has 31 heavy (non-hydrogen) atoms. The summed E-state index contributed by atoms with van der Waals surface area (Å²) in [5.41, 5.74) is -0.469. The van der Waals surface area contributed by atoms with E-state index >= 15 is 0 Å². The summed E-state index contributed by atoms with van der Waals surface area (Å²) in [6.07, 6.45) is 8.13. The summed E-state index contributed by atoms with van der Waals surface area (Å²) >= 11 is 3.65. The van der Waals surface area contributed by atoms with Gasteiger partial charge in [0.2, 0.25) is 0 Å². The van der Waals surface area contributed by atoms with E-state index in [1.807, 2.05) is 6.92 Å². The minimum atomic E-state index is -0.469. The number of Topliss-reactive ketones (excluding diaryl/α,β-unsaturated/α-hetero) is 1. The van der Waals surface area contributed by atoms with Crippen LogP contribution in [0.3, 0.4) is 0 Å². The number of rotatable bonds is 3. The van der Waals surface area contributed by atoms with Crippen LogP contribution in [0.15, 0.2) is 0 Å². The third-order valence-corrected chi connectivity index (χ3v) is 8.51. The molecule has 0 amide bonds. The first-order valence-corrected chi connectivity index (χ1v) is 13.5. The molecule has 3 rings (SSSR count). The van der Waals surface area contributed by atoms with Gasteiger partial charge in [0.1, 0.15) is 12.2 Å².